The van der Waals surface area contributed by atoms with Gasteiger partial charge in [0.15, 0.2) is 0 Å². The molecule has 21 heavy (non-hydrogen) atoms. The molecule has 2 heterocycles. The lowest BCUT2D eigenvalue weighted by Gasteiger charge is -2.37. The summed E-state index contributed by atoms with van der Waals surface area (Å²) in [6.45, 7) is 4.36. The summed E-state index contributed by atoms with van der Waals surface area (Å²) in [6, 6.07) is 8.30. The molecular formula is C17H25NO3. The molecule has 0 amide bonds. The fourth-order valence-electron chi connectivity index (χ4n) is 3.17. The van der Waals surface area contributed by atoms with Crippen molar-refractivity contribution in [1.82, 2.24) is 0 Å². The monoisotopic (exact) mass is 291 g/mol. The van der Waals surface area contributed by atoms with E-state index in [9.17, 15) is 0 Å². The second-order valence-corrected chi connectivity index (χ2v) is 6.15. The summed E-state index contributed by atoms with van der Waals surface area (Å²) in [5, 5.41) is 0. The second kappa shape index (κ2) is 6.34. The molecule has 1 spiro atoms. The van der Waals surface area contributed by atoms with Gasteiger partial charge in [-0.2, -0.15) is 0 Å². The van der Waals surface area contributed by atoms with E-state index in [1.165, 1.54) is 0 Å². The van der Waals surface area contributed by atoms with Gasteiger partial charge in [0.25, 0.3) is 0 Å². The molecule has 0 bridgehead atoms. The van der Waals surface area contributed by atoms with Gasteiger partial charge in [0.2, 0.25) is 0 Å². The van der Waals surface area contributed by atoms with Crippen molar-refractivity contribution in [2.24, 2.45) is 5.73 Å². The van der Waals surface area contributed by atoms with E-state index in [2.05, 4.69) is 19.1 Å². The maximum atomic E-state index is 6.13. The Morgan fingerprint density at radius 2 is 2.14 bits per heavy atom. The van der Waals surface area contributed by atoms with E-state index in [1.54, 1.807) is 0 Å². The van der Waals surface area contributed by atoms with Crippen LogP contribution in [0.1, 0.15) is 44.2 Å². The van der Waals surface area contributed by atoms with Gasteiger partial charge in [-0.15, -0.1) is 0 Å². The van der Waals surface area contributed by atoms with Crippen molar-refractivity contribution in [2.45, 2.75) is 50.4 Å². The number of benzene rings is 1. The molecule has 4 heteroatoms. The minimum absolute atomic E-state index is 0.104. The molecule has 2 aliphatic rings. The molecule has 2 fully saturated rings. The third-order valence-corrected chi connectivity index (χ3v) is 4.57. The summed E-state index contributed by atoms with van der Waals surface area (Å²) >= 11 is 0. The first-order chi connectivity index (χ1) is 10.2. The predicted molar refractivity (Wildman–Crippen MR) is 81.4 cm³/mol. The Bertz CT molecular complexity index is 454. The van der Waals surface area contributed by atoms with E-state index in [0.29, 0.717) is 6.61 Å². The van der Waals surface area contributed by atoms with Crippen LogP contribution in [0.4, 0.5) is 0 Å². The molecule has 0 saturated carbocycles. The summed E-state index contributed by atoms with van der Waals surface area (Å²) in [4.78, 5) is 0. The van der Waals surface area contributed by atoms with E-state index in [-0.39, 0.29) is 17.7 Å². The molecule has 2 saturated heterocycles. The lowest BCUT2D eigenvalue weighted by molar-refractivity contribution is -0.112. The molecule has 0 aliphatic carbocycles. The number of ether oxygens (including phenoxy) is 3. The SMILES string of the molecule is CC[C@H](N)c1ccc(OC2CCOC3(CCOC3)C2)cc1. The highest BCUT2D eigenvalue weighted by Gasteiger charge is 2.41. The van der Waals surface area contributed by atoms with Crippen LogP contribution in [0.15, 0.2) is 24.3 Å². The highest BCUT2D eigenvalue weighted by Crippen LogP contribution is 2.34. The highest BCUT2D eigenvalue weighted by atomic mass is 16.6. The van der Waals surface area contributed by atoms with Crippen LogP contribution in [0.25, 0.3) is 0 Å². The Morgan fingerprint density at radius 3 is 2.81 bits per heavy atom. The van der Waals surface area contributed by atoms with Gasteiger partial charge >= 0.3 is 0 Å². The summed E-state index contributed by atoms with van der Waals surface area (Å²) in [7, 11) is 0. The summed E-state index contributed by atoms with van der Waals surface area (Å²) < 4.78 is 17.6. The lowest BCUT2D eigenvalue weighted by Crippen LogP contribution is -2.44. The molecule has 1 aromatic rings. The molecule has 2 N–H and O–H groups in total. The fourth-order valence-corrected chi connectivity index (χ4v) is 3.17. The van der Waals surface area contributed by atoms with Crippen LogP contribution in [0.2, 0.25) is 0 Å². The van der Waals surface area contributed by atoms with Gasteiger partial charge in [0.05, 0.1) is 18.8 Å². The molecule has 3 atom stereocenters. The second-order valence-electron chi connectivity index (χ2n) is 6.15. The van der Waals surface area contributed by atoms with E-state index in [4.69, 9.17) is 19.9 Å². The molecule has 2 aliphatic heterocycles. The zero-order valence-corrected chi connectivity index (χ0v) is 12.7. The van der Waals surface area contributed by atoms with Crippen molar-refractivity contribution in [3.8, 4) is 5.75 Å². The van der Waals surface area contributed by atoms with E-state index < -0.39 is 0 Å². The van der Waals surface area contributed by atoms with E-state index in [0.717, 1.165) is 50.2 Å². The number of hydrogen-bond donors (Lipinski definition) is 1. The first-order valence-electron chi connectivity index (χ1n) is 7.95. The molecule has 0 aromatic heterocycles. The average molecular weight is 291 g/mol. The largest absolute Gasteiger partial charge is 0.490 e. The quantitative estimate of drug-likeness (QED) is 0.927. The van der Waals surface area contributed by atoms with Gasteiger partial charge in [-0.05, 0) is 24.1 Å². The standard InChI is InChI=1S/C17H25NO3/c1-2-16(18)13-3-5-14(6-4-13)21-15-7-9-20-17(11-15)8-10-19-12-17/h3-6,15-16H,2,7-12,18H2,1H3/t15?,16-,17?/m0/s1. The maximum Gasteiger partial charge on any atom is 0.119 e. The van der Waals surface area contributed by atoms with E-state index in [1.807, 2.05) is 12.1 Å². The minimum atomic E-state index is -0.104. The Labute approximate surface area is 126 Å². The molecular weight excluding hydrogens is 266 g/mol. The first kappa shape index (κ1) is 14.8. The summed E-state index contributed by atoms with van der Waals surface area (Å²) in [5.41, 5.74) is 7.10. The van der Waals surface area contributed by atoms with Gasteiger partial charge in [-0.1, -0.05) is 19.1 Å². The number of hydrogen-bond acceptors (Lipinski definition) is 4. The predicted octanol–water partition coefficient (Wildman–Crippen LogP) is 2.81. The van der Waals surface area contributed by atoms with Gasteiger partial charge in [-0.25, -0.2) is 0 Å². The molecule has 4 nitrogen and oxygen atoms in total. The van der Waals surface area contributed by atoms with Crippen molar-refractivity contribution in [3.05, 3.63) is 29.8 Å². The Kier molecular flexibility index (Phi) is 4.48. The zero-order chi connectivity index (χ0) is 14.7. The van der Waals surface area contributed by atoms with Gasteiger partial charge in [0, 0.05) is 31.9 Å². The van der Waals surface area contributed by atoms with Crippen LogP contribution in [0.3, 0.4) is 0 Å². The minimum Gasteiger partial charge on any atom is -0.490 e. The number of nitrogens with two attached hydrogens (primary N) is 1. The Morgan fingerprint density at radius 1 is 1.33 bits per heavy atom. The van der Waals surface area contributed by atoms with Crippen LogP contribution in [0, 0.1) is 0 Å². The van der Waals surface area contributed by atoms with Crippen LogP contribution in [0.5, 0.6) is 5.75 Å². The zero-order valence-electron chi connectivity index (χ0n) is 12.7. The Balaban J connectivity index is 1.60. The first-order valence-corrected chi connectivity index (χ1v) is 7.95. The van der Waals surface area contributed by atoms with E-state index >= 15 is 0 Å². The van der Waals surface area contributed by atoms with Gasteiger partial charge in [0.1, 0.15) is 11.9 Å². The van der Waals surface area contributed by atoms with Crippen molar-refractivity contribution in [2.75, 3.05) is 19.8 Å². The third-order valence-electron chi connectivity index (χ3n) is 4.57. The molecule has 1 aromatic carbocycles. The summed E-state index contributed by atoms with van der Waals surface area (Å²) in [5.74, 6) is 0.919. The van der Waals surface area contributed by atoms with Gasteiger partial charge in [-0.3, -0.25) is 0 Å². The van der Waals surface area contributed by atoms with Crippen LogP contribution < -0.4 is 10.5 Å². The van der Waals surface area contributed by atoms with Crippen LogP contribution in [-0.2, 0) is 9.47 Å². The fraction of sp³-hybridized carbons (Fsp3) is 0.647. The van der Waals surface area contributed by atoms with Crippen molar-refractivity contribution >= 4 is 0 Å². The number of rotatable bonds is 4. The van der Waals surface area contributed by atoms with Gasteiger partial charge < -0.3 is 19.9 Å². The molecule has 2 unspecified atom stereocenters. The molecule has 0 radical (unpaired) electrons. The maximum absolute atomic E-state index is 6.13. The highest BCUT2D eigenvalue weighted by molar-refractivity contribution is 5.29. The molecule has 3 rings (SSSR count). The van der Waals surface area contributed by atoms with Crippen LogP contribution >= 0.6 is 0 Å². The van der Waals surface area contributed by atoms with Crippen molar-refractivity contribution in [1.29, 1.82) is 0 Å². The lowest BCUT2D eigenvalue weighted by atomic mass is 9.91. The smallest absolute Gasteiger partial charge is 0.119 e. The normalized spacial score (nSPS) is 30.5. The molecule has 116 valence electrons. The average Bonchev–Trinajstić information content (AvgIpc) is 2.95. The third kappa shape index (κ3) is 3.39. The van der Waals surface area contributed by atoms with Crippen molar-refractivity contribution < 1.29 is 14.2 Å². The van der Waals surface area contributed by atoms with Crippen molar-refractivity contribution in [3.63, 3.8) is 0 Å². The van der Waals surface area contributed by atoms with Crippen LogP contribution in [-0.4, -0.2) is 31.5 Å². The topological polar surface area (TPSA) is 53.7 Å². The Hall–Kier alpha value is -1.10. The summed E-state index contributed by atoms with van der Waals surface area (Å²) in [6.07, 6.45) is 4.01.